The van der Waals surface area contributed by atoms with Crippen molar-refractivity contribution in [2.45, 2.75) is 19.6 Å². The van der Waals surface area contributed by atoms with Crippen LogP contribution >= 0.6 is 24.0 Å². The number of thiocarbonyl (C=S) groups is 1. The number of fused-ring (bicyclic) bond motifs is 1. The van der Waals surface area contributed by atoms with Gasteiger partial charge in [-0.2, -0.15) is 16.9 Å². The van der Waals surface area contributed by atoms with Crippen molar-refractivity contribution in [3.05, 3.63) is 64.7 Å². The van der Waals surface area contributed by atoms with Crippen LogP contribution in [0.4, 0.5) is 5.69 Å². The quantitative estimate of drug-likeness (QED) is 0.633. The average molecular weight is 342 g/mol. The minimum absolute atomic E-state index is 0.508. The van der Waals surface area contributed by atoms with E-state index in [1.54, 1.807) is 0 Å². The van der Waals surface area contributed by atoms with Crippen LogP contribution in [-0.2, 0) is 5.75 Å². The number of nitrogens with one attached hydrogen (secondary N) is 2. The van der Waals surface area contributed by atoms with Crippen molar-refractivity contribution in [3.63, 3.8) is 0 Å². The van der Waals surface area contributed by atoms with Gasteiger partial charge in [-0.25, -0.2) is 0 Å². The molecule has 0 saturated carbocycles. The molecule has 23 heavy (non-hydrogen) atoms. The second-order valence-corrected chi connectivity index (χ2v) is 6.97. The predicted octanol–water partition coefficient (Wildman–Crippen LogP) is 4.24. The number of hydrogen-bond acceptors (Lipinski definition) is 3. The zero-order valence-electron chi connectivity index (χ0n) is 13.2. The molecule has 0 unspecified atom stereocenters. The molecule has 1 aliphatic rings. The third-order valence-electron chi connectivity index (χ3n) is 3.88. The smallest absolute Gasteiger partial charge is 0.191 e. The van der Waals surface area contributed by atoms with Crippen molar-refractivity contribution >= 4 is 40.5 Å². The van der Waals surface area contributed by atoms with Gasteiger partial charge in [0.05, 0.1) is 5.71 Å². The molecule has 0 saturated heterocycles. The summed E-state index contributed by atoms with van der Waals surface area (Å²) < 4.78 is 0. The monoisotopic (exact) mass is 341 g/mol. The summed E-state index contributed by atoms with van der Waals surface area (Å²) >= 11 is 7.21. The molecule has 3 nitrogen and oxygen atoms in total. The fraction of sp³-hybridized carbons (Fsp3) is 0.222. The fourth-order valence-corrected chi connectivity index (χ4v) is 3.60. The van der Waals surface area contributed by atoms with Gasteiger partial charge >= 0.3 is 0 Å². The molecule has 0 aliphatic carbocycles. The average Bonchev–Trinajstić information content (AvgIpc) is 2.56. The Morgan fingerprint density at radius 3 is 2.74 bits per heavy atom. The van der Waals surface area contributed by atoms with Gasteiger partial charge in [0.1, 0.15) is 0 Å². The van der Waals surface area contributed by atoms with Crippen molar-refractivity contribution in [2.24, 2.45) is 5.10 Å². The Kier molecular flexibility index (Phi) is 4.98. The Bertz CT molecular complexity index is 769. The van der Waals surface area contributed by atoms with Crippen LogP contribution in [0.5, 0.6) is 0 Å². The molecule has 0 radical (unpaired) electrons. The first-order chi connectivity index (χ1) is 11.1. The molecule has 3 rings (SSSR count). The van der Waals surface area contributed by atoms with Gasteiger partial charge in [-0.05, 0) is 54.9 Å². The number of hydrogen-bond donors (Lipinski definition) is 2. The highest BCUT2D eigenvalue weighted by atomic mass is 32.2. The van der Waals surface area contributed by atoms with Crippen molar-refractivity contribution in [1.29, 1.82) is 0 Å². The maximum Gasteiger partial charge on any atom is 0.191 e. The van der Waals surface area contributed by atoms with E-state index in [0.717, 1.165) is 22.9 Å². The lowest BCUT2D eigenvalue weighted by Crippen LogP contribution is -2.27. The van der Waals surface area contributed by atoms with Crippen LogP contribution in [0.2, 0.25) is 0 Å². The standard InChI is InChI=1S/C18H19N3S2/c1-12-7-8-15(9-13(12)2)19-18(22)21-20-17-11-23-10-14-5-3-4-6-16(14)17/h3-9H,10-11H2,1-2H3,(H2,19,21,22)/b20-17-. The maximum absolute atomic E-state index is 5.34. The Morgan fingerprint density at radius 2 is 1.91 bits per heavy atom. The highest BCUT2D eigenvalue weighted by Crippen LogP contribution is 2.24. The molecule has 2 aromatic carbocycles. The molecule has 0 amide bonds. The minimum atomic E-state index is 0.508. The number of aryl methyl sites for hydroxylation is 2. The summed E-state index contributed by atoms with van der Waals surface area (Å²) in [5.41, 5.74) is 10.0. The van der Waals surface area contributed by atoms with E-state index in [2.05, 4.69) is 66.1 Å². The molecule has 118 valence electrons. The first-order valence-electron chi connectivity index (χ1n) is 7.50. The van der Waals surface area contributed by atoms with E-state index >= 15 is 0 Å². The molecule has 0 atom stereocenters. The third kappa shape index (κ3) is 3.92. The second-order valence-electron chi connectivity index (χ2n) is 5.57. The maximum atomic E-state index is 5.34. The summed E-state index contributed by atoms with van der Waals surface area (Å²) in [4.78, 5) is 0. The second kappa shape index (κ2) is 7.15. The summed E-state index contributed by atoms with van der Waals surface area (Å²) in [6.07, 6.45) is 0. The van der Waals surface area contributed by atoms with Crippen LogP contribution < -0.4 is 10.7 Å². The summed E-state index contributed by atoms with van der Waals surface area (Å²) in [6, 6.07) is 14.6. The summed E-state index contributed by atoms with van der Waals surface area (Å²) in [5, 5.41) is 8.19. The SMILES string of the molecule is Cc1ccc(NC(=S)N/N=C2/CSCc3ccccc32)cc1C. The molecule has 0 fully saturated rings. The fourth-order valence-electron chi connectivity index (χ4n) is 2.45. The highest BCUT2D eigenvalue weighted by molar-refractivity contribution is 7.99. The van der Waals surface area contributed by atoms with Gasteiger partial charge in [-0.15, -0.1) is 0 Å². The molecular weight excluding hydrogens is 322 g/mol. The lowest BCUT2D eigenvalue weighted by Gasteiger charge is -2.17. The molecule has 5 heteroatoms. The normalized spacial score (nSPS) is 15.1. The number of rotatable bonds is 2. The summed E-state index contributed by atoms with van der Waals surface area (Å²) in [5.74, 6) is 1.94. The van der Waals surface area contributed by atoms with Crippen LogP contribution in [0.25, 0.3) is 0 Å². The van der Waals surface area contributed by atoms with Crippen LogP contribution in [0.3, 0.4) is 0 Å². The van der Waals surface area contributed by atoms with Crippen LogP contribution in [0, 0.1) is 13.8 Å². The molecule has 0 bridgehead atoms. The highest BCUT2D eigenvalue weighted by Gasteiger charge is 2.15. The number of benzene rings is 2. The number of thioether (sulfide) groups is 1. The Balaban J connectivity index is 1.68. The molecule has 2 N–H and O–H groups in total. The Morgan fingerprint density at radius 1 is 1.09 bits per heavy atom. The number of nitrogens with zero attached hydrogens (tertiary/aromatic N) is 1. The molecule has 1 heterocycles. The van der Waals surface area contributed by atoms with Gasteiger partial charge in [0.15, 0.2) is 5.11 Å². The number of anilines is 1. The van der Waals surface area contributed by atoms with E-state index in [1.807, 2.05) is 17.8 Å². The van der Waals surface area contributed by atoms with Crippen molar-refractivity contribution in [2.75, 3.05) is 11.1 Å². The van der Waals surface area contributed by atoms with E-state index in [1.165, 1.54) is 22.3 Å². The van der Waals surface area contributed by atoms with E-state index in [9.17, 15) is 0 Å². The molecular formula is C18H19N3S2. The molecule has 1 aliphatic heterocycles. The van der Waals surface area contributed by atoms with E-state index in [4.69, 9.17) is 12.2 Å². The summed E-state index contributed by atoms with van der Waals surface area (Å²) in [6.45, 7) is 4.19. The van der Waals surface area contributed by atoms with E-state index in [0.29, 0.717) is 5.11 Å². The largest absolute Gasteiger partial charge is 0.331 e. The van der Waals surface area contributed by atoms with Gasteiger partial charge in [0.2, 0.25) is 0 Å². The molecule has 0 aromatic heterocycles. The minimum Gasteiger partial charge on any atom is -0.331 e. The zero-order valence-corrected chi connectivity index (χ0v) is 14.9. The van der Waals surface area contributed by atoms with Gasteiger partial charge in [-0.1, -0.05) is 30.3 Å². The van der Waals surface area contributed by atoms with Gasteiger partial charge in [0.25, 0.3) is 0 Å². The first kappa shape index (κ1) is 16.0. The van der Waals surface area contributed by atoms with Crippen LogP contribution in [-0.4, -0.2) is 16.6 Å². The zero-order chi connectivity index (χ0) is 16.2. The van der Waals surface area contributed by atoms with E-state index < -0.39 is 0 Å². The Hall–Kier alpha value is -1.85. The summed E-state index contributed by atoms with van der Waals surface area (Å²) in [7, 11) is 0. The van der Waals surface area contributed by atoms with Gasteiger partial charge in [0, 0.05) is 22.8 Å². The Labute approximate surface area is 146 Å². The third-order valence-corrected chi connectivity index (χ3v) is 5.07. The van der Waals surface area contributed by atoms with Crippen molar-refractivity contribution < 1.29 is 0 Å². The van der Waals surface area contributed by atoms with Crippen molar-refractivity contribution in [1.82, 2.24) is 5.43 Å². The molecule has 0 spiro atoms. The first-order valence-corrected chi connectivity index (χ1v) is 9.06. The van der Waals surface area contributed by atoms with Gasteiger partial charge < -0.3 is 5.32 Å². The van der Waals surface area contributed by atoms with E-state index in [-0.39, 0.29) is 0 Å². The predicted molar refractivity (Wildman–Crippen MR) is 104 cm³/mol. The van der Waals surface area contributed by atoms with Crippen LogP contribution in [0.1, 0.15) is 22.3 Å². The lowest BCUT2D eigenvalue weighted by molar-refractivity contribution is 1.04. The topological polar surface area (TPSA) is 36.4 Å². The van der Waals surface area contributed by atoms with Gasteiger partial charge in [-0.3, -0.25) is 5.43 Å². The lowest BCUT2D eigenvalue weighted by atomic mass is 10.1. The molecule has 2 aromatic rings. The van der Waals surface area contributed by atoms with Crippen LogP contribution in [0.15, 0.2) is 47.6 Å². The number of hydrazone groups is 1. The van der Waals surface area contributed by atoms with Crippen molar-refractivity contribution in [3.8, 4) is 0 Å².